The summed E-state index contributed by atoms with van der Waals surface area (Å²) in [5.41, 5.74) is 0. The van der Waals surface area contributed by atoms with E-state index in [2.05, 4.69) is 5.32 Å². The average molecular weight is 213 g/mol. The summed E-state index contributed by atoms with van der Waals surface area (Å²) in [5.74, 6) is 0. The Morgan fingerprint density at radius 2 is 1.93 bits per heavy atom. The van der Waals surface area contributed by atoms with Gasteiger partial charge >= 0.3 is 6.18 Å². The first-order chi connectivity index (χ1) is 6.49. The van der Waals surface area contributed by atoms with E-state index in [4.69, 9.17) is 4.74 Å². The molecule has 0 rings (SSSR count). The summed E-state index contributed by atoms with van der Waals surface area (Å²) in [6.07, 6.45) is -3.25. The van der Waals surface area contributed by atoms with Crippen LogP contribution in [0.5, 0.6) is 0 Å². The topological polar surface area (TPSA) is 21.3 Å². The highest BCUT2D eigenvalue weighted by Crippen LogP contribution is 2.22. The Labute approximate surface area is 82.8 Å². The molecule has 0 heterocycles. The van der Waals surface area contributed by atoms with Gasteiger partial charge < -0.3 is 10.1 Å². The maximum atomic E-state index is 11.8. The van der Waals surface area contributed by atoms with Crippen LogP contribution in [0.3, 0.4) is 0 Å². The molecule has 1 unspecified atom stereocenters. The molecule has 2 nitrogen and oxygen atoms in total. The first-order valence-electron chi connectivity index (χ1n) is 4.72. The SMILES string of the molecule is CNC(CCCC(F)(F)F)CCOC. The van der Waals surface area contributed by atoms with Gasteiger partial charge in [-0.2, -0.15) is 13.2 Å². The standard InChI is InChI=1S/C9H18F3NO/c1-13-8(5-7-14-2)4-3-6-9(10,11)12/h8,13H,3-7H2,1-2H3. The molecular formula is C9H18F3NO. The van der Waals surface area contributed by atoms with Gasteiger partial charge in [0.2, 0.25) is 0 Å². The normalized spacial score (nSPS) is 14.4. The van der Waals surface area contributed by atoms with Crippen molar-refractivity contribution in [2.75, 3.05) is 20.8 Å². The summed E-state index contributed by atoms with van der Waals surface area (Å²) in [7, 11) is 3.34. The molecule has 0 aliphatic carbocycles. The second-order valence-electron chi connectivity index (χ2n) is 3.27. The van der Waals surface area contributed by atoms with Gasteiger partial charge in [0.05, 0.1) is 0 Å². The van der Waals surface area contributed by atoms with Gasteiger partial charge in [0.15, 0.2) is 0 Å². The Morgan fingerprint density at radius 1 is 1.29 bits per heavy atom. The van der Waals surface area contributed by atoms with Crippen LogP contribution >= 0.6 is 0 Å². The molecule has 0 bridgehead atoms. The van der Waals surface area contributed by atoms with E-state index in [0.29, 0.717) is 13.0 Å². The van der Waals surface area contributed by atoms with Crippen molar-refractivity contribution in [2.45, 2.75) is 37.9 Å². The Balaban J connectivity index is 3.52. The van der Waals surface area contributed by atoms with Gasteiger partial charge in [-0.25, -0.2) is 0 Å². The van der Waals surface area contributed by atoms with Crippen LogP contribution in [0.4, 0.5) is 13.2 Å². The Bertz CT molecular complexity index is 139. The molecule has 86 valence electrons. The van der Waals surface area contributed by atoms with Crippen molar-refractivity contribution in [1.29, 1.82) is 0 Å². The largest absolute Gasteiger partial charge is 0.389 e. The third-order valence-corrected chi connectivity index (χ3v) is 2.09. The summed E-state index contributed by atoms with van der Waals surface area (Å²) < 4.78 is 40.3. The van der Waals surface area contributed by atoms with Crippen LogP contribution in [0.15, 0.2) is 0 Å². The molecule has 0 aliphatic heterocycles. The minimum Gasteiger partial charge on any atom is -0.385 e. The second kappa shape index (κ2) is 7.06. The molecule has 0 aliphatic rings. The van der Waals surface area contributed by atoms with Crippen LogP contribution in [0.1, 0.15) is 25.7 Å². The molecule has 0 amide bonds. The van der Waals surface area contributed by atoms with Crippen LogP contribution in [-0.4, -0.2) is 33.0 Å². The monoisotopic (exact) mass is 213 g/mol. The quantitative estimate of drug-likeness (QED) is 0.701. The van der Waals surface area contributed by atoms with Gasteiger partial charge in [0.1, 0.15) is 0 Å². The number of rotatable bonds is 7. The van der Waals surface area contributed by atoms with Crippen molar-refractivity contribution < 1.29 is 17.9 Å². The number of halogens is 3. The molecule has 1 N–H and O–H groups in total. The molecule has 5 heteroatoms. The summed E-state index contributed by atoms with van der Waals surface area (Å²) >= 11 is 0. The highest BCUT2D eigenvalue weighted by atomic mass is 19.4. The summed E-state index contributed by atoms with van der Waals surface area (Å²) in [6.45, 7) is 0.581. The molecular weight excluding hydrogens is 195 g/mol. The summed E-state index contributed by atoms with van der Waals surface area (Å²) in [5, 5.41) is 2.98. The molecule has 14 heavy (non-hydrogen) atoms. The molecule has 0 saturated carbocycles. The first kappa shape index (κ1) is 13.7. The van der Waals surface area contributed by atoms with E-state index in [0.717, 1.165) is 6.42 Å². The molecule has 0 saturated heterocycles. The number of hydrogen-bond donors (Lipinski definition) is 1. The average Bonchev–Trinajstić information content (AvgIpc) is 2.09. The minimum atomic E-state index is -4.03. The fourth-order valence-electron chi connectivity index (χ4n) is 1.24. The number of nitrogens with one attached hydrogen (secondary N) is 1. The smallest absolute Gasteiger partial charge is 0.385 e. The van der Waals surface area contributed by atoms with Crippen LogP contribution in [0.25, 0.3) is 0 Å². The van der Waals surface area contributed by atoms with Crippen molar-refractivity contribution in [3.63, 3.8) is 0 Å². The molecule has 0 aromatic heterocycles. The third kappa shape index (κ3) is 8.31. The fourth-order valence-corrected chi connectivity index (χ4v) is 1.24. The highest BCUT2D eigenvalue weighted by molar-refractivity contribution is 4.65. The fraction of sp³-hybridized carbons (Fsp3) is 1.00. The van der Waals surface area contributed by atoms with E-state index < -0.39 is 12.6 Å². The Kier molecular flexibility index (Phi) is 6.92. The highest BCUT2D eigenvalue weighted by Gasteiger charge is 2.26. The minimum absolute atomic E-state index is 0.122. The van der Waals surface area contributed by atoms with Gasteiger partial charge in [-0.05, 0) is 26.3 Å². The van der Waals surface area contributed by atoms with E-state index in [-0.39, 0.29) is 12.5 Å². The zero-order valence-corrected chi connectivity index (χ0v) is 8.66. The van der Waals surface area contributed by atoms with Gasteiger partial charge in [-0.15, -0.1) is 0 Å². The maximum Gasteiger partial charge on any atom is 0.389 e. The van der Waals surface area contributed by atoms with Crippen LogP contribution in [0.2, 0.25) is 0 Å². The Morgan fingerprint density at radius 3 is 2.36 bits per heavy atom. The lowest BCUT2D eigenvalue weighted by molar-refractivity contribution is -0.135. The van der Waals surface area contributed by atoms with E-state index >= 15 is 0 Å². The summed E-state index contributed by atoms with van der Waals surface area (Å²) in [6, 6.07) is 0.122. The lowest BCUT2D eigenvalue weighted by Gasteiger charge is -2.15. The van der Waals surface area contributed by atoms with E-state index in [9.17, 15) is 13.2 Å². The predicted octanol–water partition coefficient (Wildman–Crippen LogP) is 2.34. The van der Waals surface area contributed by atoms with Gasteiger partial charge in [-0.3, -0.25) is 0 Å². The lowest BCUT2D eigenvalue weighted by atomic mass is 10.1. The van der Waals surface area contributed by atoms with E-state index in [1.807, 2.05) is 0 Å². The van der Waals surface area contributed by atoms with Crippen LogP contribution in [0, 0.1) is 0 Å². The molecule has 0 aromatic carbocycles. The maximum absolute atomic E-state index is 11.8. The van der Waals surface area contributed by atoms with Crippen molar-refractivity contribution in [2.24, 2.45) is 0 Å². The van der Waals surface area contributed by atoms with Crippen molar-refractivity contribution in [3.8, 4) is 0 Å². The van der Waals surface area contributed by atoms with Crippen molar-refractivity contribution >= 4 is 0 Å². The molecule has 0 radical (unpaired) electrons. The number of hydrogen-bond acceptors (Lipinski definition) is 2. The number of ether oxygens (including phenoxy) is 1. The summed E-state index contributed by atoms with van der Waals surface area (Å²) in [4.78, 5) is 0. The van der Waals surface area contributed by atoms with Gasteiger partial charge in [0, 0.05) is 26.2 Å². The van der Waals surface area contributed by atoms with Crippen LogP contribution < -0.4 is 5.32 Å². The van der Waals surface area contributed by atoms with Gasteiger partial charge in [0.25, 0.3) is 0 Å². The number of methoxy groups -OCH3 is 1. The van der Waals surface area contributed by atoms with Crippen LogP contribution in [-0.2, 0) is 4.74 Å². The predicted molar refractivity (Wildman–Crippen MR) is 49.2 cm³/mol. The first-order valence-corrected chi connectivity index (χ1v) is 4.72. The second-order valence-corrected chi connectivity index (χ2v) is 3.27. The Hall–Kier alpha value is -0.290. The zero-order valence-electron chi connectivity index (χ0n) is 8.66. The third-order valence-electron chi connectivity index (χ3n) is 2.09. The van der Waals surface area contributed by atoms with E-state index in [1.165, 1.54) is 0 Å². The number of alkyl halides is 3. The van der Waals surface area contributed by atoms with Gasteiger partial charge in [-0.1, -0.05) is 0 Å². The molecule has 0 aromatic rings. The van der Waals surface area contributed by atoms with Crippen molar-refractivity contribution in [1.82, 2.24) is 5.32 Å². The zero-order chi connectivity index (χ0) is 11.0. The molecule has 1 atom stereocenters. The molecule has 0 spiro atoms. The van der Waals surface area contributed by atoms with Crippen molar-refractivity contribution in [3.05, 3.63) is 0 Å². The lowest BCUT2D eigenvalue weighted by Crippen LogP contribution is -2.27. The van der Waals surface area contributed by atoms with E-state index in [1.54, 1.807) is 14.2 Å². The molecule has 0 fully saturated rings.